The summed E-state index contributed by atoms with van der Waals surface area (Å²) in [6, 6.07) is 8.95. The standard InChI is InChI=1S/C14H16N2O2/c1-4-18-14(17)13(10-16(2)3)12-7-5-6-11(8-12)9-15/h5-8,10H,4H2,1-3H3. The normalized spacial score (nSPS) is 10.7. The lowest BCUT2D eigenvalue weighted by Gasteiger charge is -2.11. The molecule has 94 valence electrons. The molecular formula is C14H16N2O2. The molecule has 0 saturated carbocycles. The molecule has 0 heterocycles. The summed E-state index contributed by atoms with van der Waals surface area (Å²) in [6.45, 7) is 2.08. The SMILES string of the molecule is CCOC(=O)C(=CN(C)C)c1cccc(C#N)c1. The van der Waals surface area contributed by atoms with Crippen LogP contribution in [0.3, 0.4) is 0 Å². The molecule has 0 atom stereocenters. The van der Waals surface area contributed by atoms with Gasteiger partial charge in [0, 0.05) is 20.3 Å². The fourth-order valence-corrected chi connectivity index (χ4v) is 1.47. The number of hydrogen-bond acceptors (Lipinski definition) is 4. The van der Waals surface area contributed by atoms with Crippen LogP contribution >= 0.6 is 0 Å². The molecule has 4 heteroatoms. The van der Waals surface area contributed by atoms with Gasteiger partial charge in [0.1, 0.15) is 0 Å². The minimum absolute atomic E-state index is 0.321. The van der Waals surface area contributed by atoms with E-state index in [1.807, 2.05) is 14.1 Å². The number of esters is 1. The van der Waals surface area contributed by atoms with Crippen molar-refractivity contribution in [2.75, 3.05) is 20.7 Å². The van der Waals surface area contributed by atoms with Crippen LogP contribution in [-0.4, -0.2) is 31.6 Å². The number of nitriles is 1. The summed E-state index contributed by atoms with van der Waals surface area (Å²) in [5.41, 5.74) is 1.64. The van der Waals surface area contributed by atoms with Gasteiger partial charge in [0.05, 0.1) is 23.8 Å². The van der Waals surface area contributed by atoms with Crippen molar-refractivity contribution in [1.82, 2.24) is 4.90 Å². The molecular weight excluding hydrogens is 228 g/mol. The van der Waals surface area contributed by atoms with Crippen molar-refractivity contribution in [3.8, 4) is 6.07 Å². The Labute approximate surface area is 107 Å². The zero-order chi connectivity index (χ0) is 13.5. The molecule has 0 spiro atoms. The van der Waals surface area contributed by atoms with Crippen LogP contribution in [-0.2, 0) is 9.53 Å². The molecule has 0 amide bonds. The van der Waals surface area contributed by atoms with Gasteiger partial charge in [-0.2, -0.15) is 5.26 Å². The number of carbonyl (C=O) groups excluding carboxylic acids is 1. The predicted octanol–water partition coefficient (Wildman–Crippen LogP) is 2.02. The van der Waals surface area contributed by atoms with Crippen LogP contribution in [0.5, 0.6) is 0 Å². The van der Waals surface area contributed by atoms with Gasteiger partial charge in [-0.1, -0.05) is 12.1 Å². The van der Waals surface area contributed by atoms with Gasteiger partial charge in [0.2, 0.25) is 0 Å². The summed E-state index contributed by atoms with van der Waals surface area (Å²) in [7, 11) is 3.65. The highest BCUT2D eigenvalue weighted by molar-refractivity contribution is 6.16. The predicted molar refractivity (Wildman–Crippen MR) is 69.5 cm³/mol. The topological polar surface area (TPSA) is 53.3 Å². The van der Waals surface area contributed by atoms with Crippen molar-refractivity contribution >= 4 is 11.5 Å². The van der Waals surface area contributed by atoms with Crippen LogP contribution < -0.4 is 0 Å². The van der Waals surface area contributed by atoms with Gasteiger partial charge in [0.25, 0.3) is 0 Å². The third-order valence-electron chi connectivity index (χ3n) is 2.19. The van der Waals surface area contributed by atoms with E-state index in [4.69, 9.17) is 10.00 Å². The Morgan fingerprint density at radius 1 is 1.50 bits per heavy atom. The van der Waals surface area contributed by atoms with Gasteiger partial charge in [-0.25, -0.2) is 4.79 Å². The van der Waals surface area contributed by atoms with Crippen LogP contribution in [0.1, 0.15) is 18.1 Å². The van der Waals surface area contributed by atoms with Gasteiger partial charge in [-0.05, 0) is 24.6 Å². The zero-order valence-electron chi connectivity index (χ0n) is 10.8. The van der Waals surface area contributed by atoms with Crippen LogP contribution in [0.15, 0.2) is 30.5 Å². The number of benzene rings is 1. The molecule has 1 aromatic rings. The van der Waals surface area contributed by atoms with Crippen LogP contribution in [0.2, 0.25) is 0 Å². The fourth-order valence-electron chi connectivity index (χ4n) is 1.47. The molecule has 18 heavy (non-hydrogen) atoms. The van der Waals surface area contributed by atoms with E-state index >= 15 is 0 Å². The van der Waals surface area contributed by atoms with Gasteiger partial charge in [-0.15, -0.1) is 0 Å². The molecule has 1 aromatic carbocycles. The van der Waals surface area contributed by atoms with Crippen LogP contribution in [0.4, 0.5) is 0 Å². The Morgan fingerprint density at radius 3 is 2.78 bits per heavy atom. The lowest BCUT2D eigenvalue weighted by atomic mass is 10.0. The maximum Gasteiger partial charge on any atom is 0.340 e. The van der Waals surface area contributed by atoms with E-state index in [9.17, 15) is 4.79 Å². The van der Waals surface area contributed by atoms with E-state index in [0.29, 0.717) is 23.3 Å². The summed E-state index contributed by atoms with van der Waals surface area (Å²) >= 11 is 0. The maximum absolute atomic E-state index is 11.9. The van der Waals surface area contributed by atoms with Crippen molar-refractivity contribution in [1.29, 1.82) is 5.26 Å². The molecule has 0 bridgehead atoms. The minimum atomic E-state index is -0.388. The third kappa shape index (κ3) is 3.63. The average molecular weight is 244 g/mol. The summed E-state index contributed by atoms with van der Waals surface area (Å²) < 4.78 is 5.02. The van der Waals surface area contributed by atoms with E-state index in [0.717, 1.165) is 0 Å². The molecule has 0 unspecified atom stereocenters. The zero-order valence-corrected chi connectivity index (χ0v) is 10.8. The van der Waals surface area contributed by atoms with E-state index in [1.165, 1.54) is 0 Å². The van der Waals surface area contributed by atoms with Gasteiger partial charge < -0.3 is 9.64 Å². The van der Waals surface area contributed by atoms with Crippen molar-refractivity contribution in [2.45, 2.75) is 6.92 Å². The first kappa shape index (κ1) is 13.8. The highest BCUT2D eigenvalue weighted by Crippen LogP contribution is 2.18. The molecule has 0 radical (unpaired) electrons. The van der Waals surface area contributed by atoms with E-state index in [1.54, 1.807) is 42.3 Å². The second-order valence-corrected chi connectivity index (χ2v) is 3.92. The van der Waals surface area contributed by atoms with Gasteiger partial charge in [0.15, 0.2) is 0 Å². The third-order valence-corrected chi connectivity index (χ3v) is 2.19. The minimum Gasteiger partial charge on any atom is -0.462 e. The molecule has 1 rings (SSSR count). The molecule has 4 nitrogen and oxygen atoms in total. The number of nitrogens with zero attached hydrogens (tertiary/aromatic N) is 2. The summed E-state index contributed by atoms with van der Waals surface area (Å²) in [4.78, 5) is 13.6. The van der Waals surface area contributed by atoms with Gasteiger partial charge in [-0.3, -0.25) is 0 Å². The fraction of sp³-hybridized carbons (Fsp3) is 0.286. The number of carbonyl (C=O) groups is 1. The molecule has 0 aliphatic carbocycles. The number of hydrogen-bond donors (Lipinski definition) is 0. The number of ether oxygens (including phenoxy) is 1. The Hall–Kier alpha value is -2.28. The Kier molecular flexibility index (Phi) is 4.94. The smallest absolute Gasteiger partial charge is 0.340 e. The van der Waals surface area contributed by atoms with E-state index in [-0.39, 0.29) is 5.97 Å². The molecule has 0 aliphatic rings. The van der Waals surface area contributed by atoms with Crippen molar-refractivity contribution < 1.29 is 9.53 Å². The molecule has 0 fully saturated rings. The van der Waals surface area contributed by atoms with E-state index < -0.39 is 0 Å². The molecule has 0 aromatic heterocycles. The van der Waals surface area contributed by atoms with Gasteiger partial charge >= 0.3 is 5.97 Å². The maximum atomic E-state index is 11.9. The number of rotatable bonds is 4. The second kappa shape index (κ2) is 6.45. The lowest BCUT2D eigenvalue weighted by Crippen LogP contribution is -2.11. The molecule has 0 saturated heterocycles. The van der Waals surface area contributed by atoms with Crippen LogP contribution in [0, 0.1) is 11.3 Å². The second-order valence-electron chi connectivity index (χ2n) is 3.92. The van der Waals surface area contributed by atoms with E-state index in [2.05, 4.69) is 6.07 Å². The first-order chi connectivity index (χ1) is 8.58. The summed E-state index contributed by atoms with van der Waals surface area (Å²) in [6.07, 6.45) is 1.69. The Bertz CT molecular complexity index is 499. The monoisotopic (exact) mass is 244 g/mol. The Balaban J connectivity index is 3.18. The quantitative estimate of drug-likeness (QED) is 0.600. The van der Waals surface area contributed by atoms with Crippen LogP contribution in [0.25, 0.3) is 5.57 Å². The Morgan fingerprint density at radius 2 is 2.22 bits per heavy atom. The highest BCUT2D eigenvalue weighted by atomic mass is 16.5. The van der Waals surface area contributed by atoms with Crippen molar-refractivity contribution in [2.24, 2.45) is 0 Å². The largest absolute Gasteiger partial charge is 0.462 e. The first-order valence-corrected chi connectivity index (χ1v) is 5.64. The first-order valence-electron chi connectivity index (χ1n) is 5.64. The van der Waals surface area contributed by atoms with Crippen molar-refractivity contribution in [3.63, 3.8) is 0 Å². The summed E-state index contributed by atoms with van der Waals surface area (Å²) in [5.74, 6) is -0.388. The highest BCUT2D eigenvalue weighted by Gasteiger charge is 2.14. The summed E-state index contributed by atoms with van der Waals surface area (Å²) in [5, 5.41) is 8.87. The molecule has 0 N–H and O–H groups in total. The lowest BCUT2D eigenvalue weighted by molar-refractivity contribution is -0.136. The molecule has 0 aliphatic heterocycles. The van der Waals surface area contributed by atoms with Crippen molar-refractivity contribution in [3.05, 3.63) is 41.6 Å². The average Bonchev–Trinajstić information content (AvgIpc) is 2.36.